The van der Waals surface area contributed by atoms with Crippen molar-refractivity contribution >= 4 is 23.9 Å². The van der Waals surface area contributed by atoms with Gasteiger partial charge < -0.3 is 28.4 Å². The molecule has 0 bridgehead atoms. The van der Waals surface area contributed by atoms with E-state index in [0.29, 0.717) is 0 Å². The summed E-state index contributed by atoms with van der Waals surface area (Å²) in [4.78, 5) is 46.5. The molecular formula is C21H26O10. The second-order valence-corrected chi connectivity index (χ2v) is 6.86. The lowest BCUT2D eigenvalue weighted by Crippen LogP contribution is -2.62. The third-order valence-corrected chi connectivity index (χ3v) is 4.21. The maximum absolute atomic E-state index is 11.8. The molecule has 0 N–H and O–H groups in total. The summed E-state index contributed by atoms with van der Waals surface area (Å²) in [5.41, 5.74) is 0.803. The minimum Gasteiger partial charge on any atom is -0.463 e. The number of rotatable bonds is 8. The molecule has 1 fully saturated rings. The molecule has 31 heavy (non-hydrogen) atoms. The predicted molar refractivity (Wildman–Crippen MR) is 103 cm³/mol. The highest BCUT2D eigenvalue weighted by atomic mass is 16.7. The average Bonchev–Trinajstić information content (AvgIpc) is 2.67. The third kappa shape index (κ3) is 7.65. The minimum absolute atomic E-state index is 0.0752. The van der Waals surface area contributed by atoms with Gasteiger partial charge in [0.2, 0.25) is 6.29 Å². The molecule has 0 aromatic heterocycles. The smallest absolute Gasteiger partial charge is 0.305 e. The van der Waals surface area contributed by atoms with Crippen LogP contribution in [0.1, 0.15) is 33.3 Å². The second-order valence-electron chi connectivity index (χ2n) is 6.86. The Labute approximate surface area is 179 Å². The van der Waals surface area contributed by atoms with E-state index in [4.69, 9.17) is 28.4 Å². The molecule has 1 aliphatic heterocycles. The summed E-state index contributed by atoms with van der Waals surface area (Å²) in [5.74, 6) is -2.62. The van der Waals surface area contributed by atoms with Crippen molar-refractivity contribution in [3.05, 3.63) is 35.9 Å². The van der Waals surface area contributed by atoms with Gasteiger partial charge in [-0.3, -0.25) is 19.2 Å². The largest absolute Gasteiger partial charge is 0.463 e. The Balaban J connectivity index is 2.36. The summed E-state index contributed by atoms with van der Waals surface area (Å²) in [6.07, 6.45) is -5.86. The normalized spacial score (nSPS) is 25.2. The van der Waals surface area contributed by atoms with E-state index in [2.05, 4.69) is 0 Å². The van der Waals surface area contributed by atoms with Gasteiger partial charge in [-0.1, -0.05) is 30.3 Å². The van der Waals surface area contributed by atoms with Crippen LogP contribution in [-0.2, 0) is 54.2 Å². The zero-order valence-corrected chi connectivity index (χ0v) is 17.8. The van der Waals surface area contributed by atoms with Gasteiger partial charge in [0, 0.05) is 27.7 Å². The lowest BCUT2D eigenvalue weighted by atomic mass is 9.98. The first-order valence-electron chi connectivity index (χ1n) is 9.63. The van der Waals surface area contributed by atoms with Crippen LogP contribution >= 0.6 is 0 Å². The first-order valence-corrected chi connectivity index (χ1v) is 9.63. The van der Waals surface area contributed by atoms with Crippen molar-refractivity contribution in [2.45, 2.75) is 65.0 Å². The molecular weight excluding hydrogens is 412 g/mol. The van der Waals surface area contributed by atoms with Crippen LogP contribution in [0.5, 0.6) is 0 Å². The van der Waals surface area contributed by atoms with Gasteiger partial charge >= 0.3 is 23.9 Å². The maximum Gasteiger partial charge on any atom is 0.305 e. The molecule has 170 valence electrons. The Bertz CT molecular complexity index is 778. The molecule has 0 radical (unpaired) electrons. The molecule has 1 aromatic carbocycles. The van der Waals surface area contributed by atoms with Gasteiger partial charge in [0.25, 0.3) is 0 Å². The zero-order chi connectivity index (χ0) is 23.0. The molecule has 1 saturated heterocycles. The number of carbonyl (C=O) groups is 4. The van der Waals surface area contributed by atoms with Gasteiger partial charge in [-0.05, 0) is 5.56 Å². The fourth-order valence-corrected chi connectivity index (χ4v) is 3.07. The van der Waals surface area contributed by atoms with Gasteiger partial charge in [-0.15, -0.1) is 0 Å². The van der Waals surface area contributed by atoms with Gasteiger partial charge in [-0.2, -0.15) is 0 Å². The molecule has 0 amide bonds. The Morgan fingerprint density at radius 3 is 1.90 bits per heavy atom. The molecule has 0 saturated carbocycles. The standard InChI is InChI=1S/C21H26O10/c1-12(22)26-11-17-18(28-13(2)23)19(29-14(3)24)20(21(31-17)30-15(4)25)27-10-16-8-6-5-7-9-16/h5-9,17-21H,10-11H2,1-4H3/t17-,18-,19+,20-,21-/m0/s1. The second kappa shape index (κ2) is 11.4. The lowest BCUT2D eigenvalue weighted by molar-refractivity contribution is -0.307. The van der Waals surface area contributed by atoms with E-state index in [-0.39, 0.29) is 13.2 Å². The predicted octanol–water partition coefficient (Wildman–Crippen LogP) is 1.29. The van der Waals surface area contributed by atoms with Crippen molar-refractivity contribution in [2.75, 3.05) is 6.61 Å². The van der Waals surface area contributed by atoms with Crippen LogP contribution < -0.4 is 0 Å². The topological polar surface area (TPSA) is 124 Å². The van der Waals surface area contributed by atoms with Crippen LogP contribution in [-0.4, -0.2) is 61.2 Å². The average molecular weight is 438 g/mol. The first kappa shape index (κ1) is 24.3. The van der Waals surface area contributed by atoms with E-state index < -0.39 is 54.6 Å². The van der Waals surface area contributed by atoms with E-state index in [0.717, 1.165) is 5.56 Å². The molecule has 10 heteroatoms. The van der Waals surface area contributed by atoms with Crippen molar-refractivity contribution in [1.82, 2.24) is 0 Å². The molecule has 5 atom stereocenters. The van der Waals surface area contributed by atoms with E-state index in [9.17, 15) is 19.2 Å². The van der Waals surface area contributed by atoms with E-state index in [1.807, 2.05) is 30.3 Å². The number of ether oxygens (including phenoxy) is 6. The summed E-state index contributed by atoms with van der Waals surface area (Å²) >= 11 is 0. The van der Waals surface area contributed by atoms with Crippen LogP contribution in [0.15, 0.2) is 30.3 Å². The molecule has 0 unspecified atom stereocenters. The summed E-state index contributed by atoms with van der Waals surface area (Å²) in [7, 11) is 0. The van der Waals surface area contributed by atoms with Crippen molar-refractivity contribution in [3.63, 3.8) is 0 Å². The summed E-state index contributed by atoms with van der Waals surface area (Å²) < 4.78 is 32.6. The minimum atomic E-state index is -1.31. The molecule has 1 heterocycles. The zero-order valence-electron chi connectivity index (χ0n) is 17.8. The van der Waals surface area contributed by atoms with Gasteiger partial charge in [0.1, 0.15) is 12.7 Å². The highest BCUT2D eigenvalue weighted by Crippen LogP contribution is 2.30. The quantitative estimate of drug-likeness (QED) is 0.433. The number of carbonyl (C=O) groups excluding carboxylic acids is 4. The van der Waals surface area contributed by atoms with E-state index in [1.54, 1.807) is 0 Å². The molecule has 1 aromatic rings. The molecule has 10 nitrogen and oxygen atoms in total. The molecule has 2 rings (SSSR count). The Hall–Kier alpha value is -2.98. The van der Waals surface area contributed by atoms with Gasteiger partial charge in [0.15, 0.2) is 18.3 Å². The van der Waals surface area contributed by atoms with Crippen LogP contribution in [0.4, 0.5) is 0 Å². The SMILES string of the molecule is CC(=O)OC[C@@H]1O[C@H](OC(C)=O)[C@@H](OCc2ccccc2)[C@H](OC(C)=O)[C@H]1OC(C)=O. The Kier molecular flexibility index (Phi) is 8.95. The first-order chi connectivity index (χ1) is 14.7. The van der Waals surface area contributed by atoms with Crippen molar-refractivity contribution in [3.8, 4) is 0 Å². The number of hydrogen-bond donors (Lipinski definition) is 0. The van der Waals surface area contributed by atoms with Crippen molar-refractivity contribution in [1.29, 1.82) is 0 Å². The number of esters is 4. The number of benzene rings is 1. The Morgan fingerprint density at radius 1 is 0.774 bits per heavy atom. The van der Waals surface area contributed by atoms with Gasteiger partial charge in [0.05, 0.1) is 6.61 Å². The monoisotopic (exact) mass is 438 g/mol. The molecule has 1 aliphatic rings. The van der Waals surface area contributed by atoms with Crippen molar-refractivity contribution < 1.29 is 47.6 Å². The summed E-state index contributed by atoms with van der Waals surface area (Å²) in [5, 5.41) is 0. The van der Waals surface area contributed by atoms with Crippen LogP contribution in [0, 0.1) is 0 Å². The fraction of sp³-hybridized carbons (Fsp3) is 0.524. The lowest BCUT2D eigenvalue weighted by Gasteiger charge is -2.44. The molecule has 0 aliphatic carbocycles. The van der Waals surface area contributed by atoms with E-state index >= 15 is 0 Å². The highest BCUT2D eigenvalue weighted by Gasteiger charge is 2.52. The highest BCUT2D eigenvalue weighted by molar-refractivity contribution is 5.68. The van der Waals surface area contributed by atoms with Crippen LogP contribution in [0.25, 0.3) is 0 Å². The molecule has 0 spiro atoms. The third-order valence-electron chi connectivity index (χ3n) is 4.21. The summed E-state index contributed by atoms with van der Waals surface area (Å²) in [6.45, 7) is 4.47. The summed E-state index contributed by atoms with van der Waals surface area (Å²) in [6, 6.07) is 9.11. The maximum atomic E-state index is 11.8. The van der Waals surface area contributed by atoms with E-state index in [1.165, 1.54) is 27.7 Å². The number of hydrogen-bond acceptors (Lipinski definition) is 10. The fourth-order valence-electron chi connectivity index (χ4n) is 3.07. The Morgan fingerprint density at radius 2 is 1.35 bits per heavy atom. The van der Waals surface area contributed by atoms with Crippen LogP contribution in [0.3, 0.4) is 0 Å². The van der Waals surface area contributed by atoms with Crippen LogP contribution in [0.2, 0.25) is 0 Å². The van der Waals surface area contributed by atoms with Gasteiger partial charge in [-0.25, -0.2) is 0 Å². The van der Waals surface area contributed by atoms with Crippen molar-refractivity contribution in [2.24, 2.45) is 0 Å².